The number of nitrogens with two attached hydrogens (primary N) is 1. The third-order valence-corrected chi connectivity index (χ3v) is 2.98. The Morgan fingerprint density at radius 2 is 1.74 bits per heavy atom. The first-order chi connectivity index (χ1) is 8.95. The van der Waals surface area contributed by atoms with Crippen LogP contribution in [0.2, 0.25) is 0 Å². The second-order valence-corrected chi connectivity index (χ2v) is 4.46. The van der Waals surface area contributed by atoms with Gasteiger partial charge in [0.05, 0.1) is 7.11 Å². The number of aryl methyl sites for hydroxylation is 2. The molecule has 0 aliphatic rings. The quantitative estimate of drug-likeness (QED) is 0.769. The number of benzene rings is 2. The van der Waals surface area contributed by atoms with Crippen molar-refractivity contribution in [3.63, 3.8) is 0 Å². The summed E-state index contributed by atoms with van der Waals surface area (Å²) in [5, 5.41) is 9.17. The van der Waals surface area contributed by atoms with Crippen LogP contribution in [0.4, 0.5) is 5.69 Å². The van der Waals surface area contributed by atoms with Gasteiger partial charge in [-0.05, 0) is 55.7 Å². The lowest BCUT2D eigenvalue weighted by molar-refractivity contribution is 0.373. The monoisotopic (exact) mass is 259 g/mol. The molecule has 102 valence electrons. The van der Waals surface area contributed by atoms with Gasteiger partial charge in [-0.2, -0.15) is 0 Å². The summed E-state index contributed by atoms with van der Waals surface area (Å²) in [4.78, 5) is 0. The zero-order valence-corrected chi connectivity index (χ0v) is 11.9. The molecule has 0 aromatic heterocycles. The molecule has 0 fully saturated rings. The molecule has 0 spiro atoms. The molecule has 0 bridgehead atoms. The second-order valence-electron chi connectivity index (χ2n) is 4.46. The predicted octanol–water partition coefficient (Wildman–Crippen LogP) is 3.59. The summed E-state index contributed by atoms with van der Waals surface area (Å²) in [6, 6.07) is 11.2. The predicted molar refractivity (Wildman–Crippen MR) is 79.7 cm³/mol. The normalized spacial score (nSPS) is 9.47. The smallest absolute Gasteiger partial charge is 0.160 e. The highest BCUT2D eigenvalue weighted by molar-refractivity contribution is 5.49. The van der Waals surface area contributed by atoms with Gasteiger partial charge in [0.15, 0.2) is 11.5 Å². The molecule has 0 atom stereocenters. The molecule has 0 saturated carbocycles. The number of hydrogen-bond acceptors (Lipinski definition) is 3. The molecular weight excluding hydrogens is 238 g/mol. The Bertz CT molecular complexity index is 530. The maximum absolute atomic E-state index is 9.17. The molecule has 2 rings (SSSR count). The van der Waals surface area contributed by atoms with Gasteiger partial charge in [0.25, 0.3) is 0 Å². The third kappa shape index (κ3) is 4.21. The minimum Gasteiger partial charge on any atom is -0.504 e. The van der Waals surface area contributed by atoms with Crippen molar-refractivity contribution in [2.75, 3.05) is 12.8 Å². The van der Waals surface area contributed by atoms with Crippen LogP contribution in [-0.2, 0) is 0 Å². The van der Waals surface area contributed by atoms with Crippen molar-refractivity contribution in [3.8, 4) is 11.5 Å². The minimum absolute atomic E-state index is 0.197. The standard InChI is InChI=1S/C8H11N.C8H10O2/c1-6-4-3-5-8(9)7(6)2;1-6-3-4-8(10-2)7(9)5-6/h3-5H,9H2,1-2H3;3-5,9H,1-2H3. The highest BCUT2D eigenvalue weighted by Crippen LogP contribution is 2.25. The number of aromatic hydroxyl groups is 1. The SMILES string of the molecule is COc1ccc(C)cc1O.Cc1cccc(N)c1C. The number of nitrogen functional groups attached to an aromatic ring is 1. The van der Waals surface area contributed by atoms with Crippen molar-refractivity contribution in [2.24, 2.45) is 0 Å². The number of rotatable bonds is 1. The maximum Gasteiger partial charge on any atom is 0.160 e. The summed E-state index contributed by atoms with van der Waals surface area (Å²) in [7, 11) is 1.53. The largest absolute Gasteiger partial charge is 0.504 e. The summed E-state index contributed by atoms with van der Waals surface area (Å²) in [6.07, 6.45) is 0. The van der Waals surface area contributed by atoms with Crippen LogP contribution in [0.3, 0.4) is 0 Å². The van der Waals surface area contributed by atoms with Crippen LogP contribution >= 0.6 is 0 Å². The van der Waals surface area contributed by atoms with Gasteiger partial charge < -0.3 is 15.6 Å². The zero-order valence-electron chi connectivity index (χ0n) is 11.9. The Hall–Kier alpha value is -2.16. The van der Waals surface area contributed by atoms with E-state index in [9.17, 15) is 0 Å². The van der Waals surface area contributed by atoms with Crippen LogP contribution in [0.5, 0.6) is 11.5 Å². The molecule has 19 heavy (non-hydrogen) atoms. The van der Waals surface area contributed by atoms with Crippen LogP contribution in [-0.4, -0.2) is 12.2 Å². The number of ether oxygens (including phenoxy) is 1. The number of methoxy groups -OCH3 is 1. The van der Waals surface area contributed by atoms with E-state index in [2.05, 4.69) is 13.0 Å². The molecule has 3 N–H and O–H groups in total. The first-order valence-corrected chi connectivity index (χ1v) is 6.11. The molecule has 0 amide bonds. The van der Waals surface area contributed by atoms with Crippen molar-refractivity contribution in [1.82, 2.24) is 0 Å². The first-order valence-electron chi connectivity index (χ1n) is 6.11. The van der Waals surface area contributed by atoms with Crippen LogP contribution in [0, 0.1) is 20.8 Å². The molecule has 3 heteroatoms. The summed E-state index contributed by atoms with van der Waals surface area (Å²) in [5.74, 6) is 0.716. The lowest BCUT2D eigenvalue weighted by Gasteiger charge is -2.01. The van der Waals surface area contributed by atoms with E-state index in [4.69, 9.17) is 15.6 Å². The molecule has 0 heterocycles. The molecule has 2 aromatic rings. The summed E-state index contributed by atoms with van der Waals surface area (Å²) < 4.78 is 4.85. The molecule has 0 radical (unpaired) electrons. The van der Waals surface area contributed by atoms with Crippen molar-refractivity contribution < 1.29 is 9.84 Å². The first kappa shape index (κ1) is 14.9. The Kier molecular flexibility index (Phi) is 5.24. The van der Waals surface area contributed by atoms with Crippen LogP contribution in [0.15, 0.2) is 36.4 Å². The molecule has 0 aliphatic heterocycles. The fourth-order valence-electron chi connectivity index (χ4n) is 1.57. The van der Waals surface area contributed by atoms with Crippen LogP contribution in [0.1, 0.15) is 16.7 Å². The van der Waals surface area contributed by atoms with Crippen molar-refractivity contribution >= 4 is 5.69 Å². The lowest BCUT2D eigenvalue weighted by Crippen LogP contribution is -1.90. The summed E-state index contributed by atoms with van der Waals surface area (Å²) in [5.41, 5.74) is 9.98. The molecule has 0 aliphatic carbocycles. The fraction of sp³-hybridized carbons (Fsp3) is 0.250. The second kappa shape index (κ2) is 6.69. The van der Waals surface area contributed by atoms with Gasteiger partial charge in [0.2, 0.25) is 0 Å². The van der Waals surface area contributed by atoms with E-state index in [0.717, 1.165) is 11.3 Å². The number of phenols is 1. The van der Waals surface area contributed by atoms with E-state index < -0.39 is 0 Å². The van der Waals surface area contributed by atoms with E-state index in [1.54, 1.807) is 12.1 Å². The molecular formula is C16H21NO2. The van der Waals surface area contributed by atoms with Crippen LogP contribution in [0.25, 0.3) is 0 Å². The van der Waals surface area contributed by atoms with E-state index in [1.165, 1.54) is 18.2 Å². The summed E-state index contributed by atoms with van der Waals surface area (Å²) in [6.45, 7) is 6.01. The summed E-state index contributed by atoms with van der Waals surface area (Å²) >= 11 is 0. The highest BCUT2D eigenvalue weighted by atomic mass is 16.5. The average molecular weight is 259 g/mol. The highest BCUT2D eigenvalue weighted by Gasteiger charge is 1.97. The van der Waals surface area contributed by atoms with E-state index in [-0.39, 0.29) is 5.75 Å². The van der Waals surface area contributed by atoms with Crippen LogP contribution < -0.4 is 10.5 Å². The Morgan fingerprint density at radius 1 is 1.05 bits per heavy atom. The Balaban J connectivity index is 0.000000191. The van der Waals surface area contributed by atoms with Gasteiger partial charge in [-0.25, -0.2) is 0 Å². The molecule has 0 unspecified atom stereocenters. The van der Waals surface area contributed by atoms with Gasteiger partial charge in [-0.3, -0.25) is 0 Å². The fourth-order valence-corrected chi connectivity index (χ4v) is 1.57. The lowest BCUT2D eigenvalue weighted by atomic mass is 10.1. The van der Waals surface area contributed by atoms with Gasteiger partial charge >= 0.3 is 0 Å². The van der Waals surface area contributed by atoms with Crippen molar-refractivity contribution in [3.05, 3.63) is 53.1 Å². The van der Waals surface area contributed by atoms with Gasteiger partial charge in [0, 0.05) is 5.69 Å². The third-order valence-electron chi connectivity index (χ3n) is 2.98. The van der Waals surface area contributed by atoms with E-state index >= 15 is 0 Å². The number of phenolic OH excluding ortho intramolecular Hbond substituents is 1. The van der Waals surface area contributed by atoms with Crippen molar-refractivity contribution in [1.29, 1.82) is 0 Å². The van der Waals surface area contributed by atoms with E-state index in [0.29, 0.717) is 5.75 Å². The van der Waals surface area contributed by atoms with E-state index in [1.807, 2.05) is 32.0 Å². The topological polar surface area (TPSA) is 55.5 Å². The minimum atomic E-state index is 0.197. The van der Waals surface area contributed by atoms with Gasteiger partial charge in [0.1, 0.15) is 0 Å². The molecule has 2 aromatic carbocycles. The number of hydrogen-bond donors (Lipinski definition) is 2. The Labute approximate surface area is 114 Å². The zero-order chi connectivity index (χ0) is 14.4. The molecule has 3 nitrogen and oxygen atoms in total. The molecule has 0 saturated heterocycles. The Morgan fingerprint density at radius 3 is 2.21 bits per heavy atom. The van der Waals surface area contributed by atoms with Crippen molar-refractivity contribution in [2.45, 2.75) is 20.8 Å². The van der Waals surface area contributed by atoms with Gasteiger partial charge in [-0.15, -0.1) is 0 Å². The maximum atomic E-state index is 9.17. The average Bonchev–Trinajstić information content (AvgIpc) is 2.37. The number of anilines is 1. The van der Waals surface area contributed by atoms with Gasteiger partial charge in [-0.1, -0.05) is 18.2 Å².